The van der Waals surface area contributed by atoms with E-state index in [0.29, 0.717) is 19.6 Å². The van der Waals surface area contributed by atoms with Gasteiger partial charge in [-0.25, -0.2) is 13.2 Å². The second kappa shape index (κ2) is 6.83. The van der Waals surface area contributed by atoms with Gasteiger partial charge in [0.2, 0.25) is 0 Å². The molecule has 1 aliphatic heterocycles. The van der Waals surface area contributed by atoms with Gasteiger partial charge >= 0.3 is 0 Å². The minimum absolute atomic E-state index is 0.0310. The molecule has 0 atom stereocenters. The zero-order valence-corrected chi connectivity index (χ0v) is 13.0. The van der Waals surface area contributed by atoms with E-state index in [1.165, 1.54) is 12.1 Å². The number of halogens is 3. The molecule has 6 heteroatoms. The Morgan fingerprint density at radius 2 is 1.42 bits per heavy atom. The second-order valence-corrected chi connectivity index (χ2v) is 5.70. The van der Waals surface area contributed by atoms with Gasteiger partial charge in [0.25, 0.3) is 0 Å². The first-order valence-corrected chi connectivity index (χ1v) is 7.73. The van der Waals surface area contributed by atoms with Crippen molar-refractivity contribution in [3.05, 3.63) is 59.4 Å². The van der Waals surface area contributed by atoms with Gasteiger partial charge in [-0.05, 0) is 42.8 Å². The van der Waals surface area contributed by atoms with Crippen LogP contribution in [0.2, 0.25) is 0 Å². The van der Waals surface area contributed by atoms with Crippen LogP contribution in [-0.2, 0) is 0 Å². The molecule has 3 nitrogen and oxygen atoms in total. The molecule has 0 aliphatic carbocycles. The smallest absolute Gasteiger partial charge is 0.150 e. The molecule has 24 heavy (non-hydrogen) atoms. The number of hydrogen-bond donors (Lipinski definition) is 0. The van der Waals surface area contributed by atoms with Gasteiger partial charge in [-0.15, -0.1) is 0 Å². The summed E-state index contributed by atoms with van der Waals surface area (Å²) in [4.78, 5) is 3.73. The van der Waals surface area contributed by atoms with E-state index in [1.807, 2.05) is 0 Å². The lowest BCUT2D eigenvalue weighted by Gasteiger charge is -2.25. The molecule has 124 valence electrons. The summed E-state index contributed by atoms with van der Waals surface area (Å²) in [6, 6.07) is 10.1. The van der Waals surface area contributed by atoms with Crippen molar-refractivity contribution in [2.24, 2.45) is 0 Å². The average molecular weight is 331 g/mol. The lowest BCUT2D eigenvalue weighted by atomic mass is 10.2. The molecule has 0 aromatic heterocycles. The van der Waals surface area contributed by atoms with Crippen LogP contribution in [0.5, 0.6) is 0 Å². The highest BCUT2D eigenvalue weighted by Crippen LogP contribution is 2.27. The van der Waals surface area contributed by atoms with E-state index in [-0.39, 0.29) is 17.1 Å². The van der Waals surface area contributed by atoms with Crippen LogP contribution in [0, 0.1) is 28.8 Å². The number of nitrogens with zero attached hydrogens (tertiary/aromatic N) is 3. The normalized spacial score (nSPS) is 15.1. The van der Waals surface area contributed by atoms with Crippen molar-refractivity contribution in [2.45, 2.75) is 6.42 Å². The van der Waals surface area contributed by atoms with E-state index in [9.17, 15) is 13.2 Å². The molecule has 2 aromatic carbocycles. The zero-order valence-electron chi connectivity index (χ0n) is 13.0. The highest BCUT2D eigenvalue weighted by molar-refractivity contribution is 5.54. The Hall–Kier alpha value is -2.68. The molecule has 0 N–H and O–H groups in total. The molecule has 1 heterocycles. The summed E-state index contributed by atoms with van der Waals surface area (Å²) < 4.78 is 41.4. The van der Waals surface area contributed by atoms with Gasteiger partial charge < -0.3 is 9.80 Å². The molecule has 1 saturated heterocycles. The third-order valence-electron chi connectivity index (χ3n) is 4.15. The van der Waals surface area contributed by atoms with E-state index < -0.39 is 11.6 Å². The van der Waals surface area contributed by atoms with Crippen molar-refractivity contribution >= 4 is 11.4 Å². The van der Waals surface area contributed by atoms with Gasteiger partial charge in [0, 0.05) is 31.9 Å². The maximum absolute atomic E-state index is 14.2. The van der Waals surface area contributed by atoms with Gasteiger partial charge in [-0.1, -0.05) is 0 Å². The third-order valence-corrected chi connectivity index (χ3v) is 4.15. The highest BCUT2D eigenvalue weighted by Gasteiger charge is 2.21. The average Bonchev–Trinajstić information content (AvgIpc) is 2.81. The number of nitriles is 1. The molecule has 2 aromatic rings. The maximum Gasteiger partial charge on any atom is 0.150 e. The van der Waals surface area contributed by atoms with Crippen molar-refractivity contribution in [1.82, 2.24) is 0 Å². The van der Waals surface area contributed by atoms with Crippen molar-refractivity contribution in [2.75, 3.05) is 36.0 Å². The van der Waals surface area contributed by atoms with Crippen molar-refractivity contribution in [1.29, 1.82) is 5.26 Å². The first kappa shape index (κ1) is 16.2. The van der Waals surface area contributed by atoms with E-state index in [0.717, 1.165) is 30.8 Å². The Labute approximate surface area is 138 Å². The summed E-state index contributed by atoms with van der Waals surface area (Å²) in [7, 11) is 0. The fourth-order valence-corrected chi connectivity index (χ4v) is 2.98. The van der Waals surface area contributed by atoms with Crippen LogP contribution in [0.4, 0.5) is 24.5 Å². The summed E-state index contributed by atoms with van der Waals surface area (Å²) >= 11 is 0. The van der Waals surface area contributed by atoms with Crippen LogP contribution in [0.25, 0.3) is 0 Å². The SMILES string of the molecule is N#Cc1cc(F)c(N2CCCN(c3ccc(F)cc3)CC2)c(F)c1. The molecule has 1 aliphatic rings. The fourth-order valence-electron chi connectivity index (χ4n) is 2.98. The van der Waals surface area contributed by atoms with Crippen molar-refractivity contribution < 1.29 is 13.2 Å². The number of benzene rings is 2. The topological polar surface area (TPSA) is 30.3 Å². The van der Waals surface area contributed by atoms with Gasteiger partial charge in [0.1, 0.15) is 11.5 Å². The Morgan fingerprint density at radius 3 is 2.04 bits per heavy atom. The van der Waals surface area contributed by atoms with Gasteiger partial charge in [0.05, 0.1) is 11.6 Å². The molecule has 3 rings (SSSR count). The molecule has 0 amide bonds. The van der Waals surface area contributed by atoms with Crippen LogP contribution in [0.15, 0.2) is 36.4 Å². The second-order valence-electron chi connectivity index (χ2n) is 5.70. The van der Waals surface area contributed by atoms with Crippen molar-refractivity contribution in [3.8, 4) is 6.07 Å². The Balaban J connectivity index is 1.79. The number of hydrogen-bond acceptors (Lipinski definition) is 3. The first-order valence-electron chi connectivity index (χ1n) is 7.73. The summed E-state index contributed by atoms with van der Waals surface area (Å²) in [5, 5.41) is 8.78. The van der Waals surface area contributed by atoms with Crippen LogP contribution in [0.1, 0.15) is 12.0 Å². The number of rotatable bonds is 2. The van der Waals surface area contributed by atoms with E-state index >= 15 is 0 Å². The predicted octanol–water partition coefficient (Wildman–Crippen LogP) is 3.69. The quantitative estimate of drug-likeness (QED) is 0.841. The zero-order chi connectivity index (χ0) is 17.1. The Bertz CT molecular complexity index is 745. The van der Waals surface area contributed by atoms with Crippen LogP contribution in [-0.4, -0.2) is 26.2 Å². The van der Waals surface area contributed by atoms with Crippen molar-refractivity contribution in [3.63, 3.8) is 0 Å². The molecule has 0 unspecified atom stereocenters. The van der Waals surface area contributed by atoms with E-state index in [4.69, 9.17) is 5.26 Å². The van der Waals surface area contributed by atoms with Gasteiger partial charge in [-0.2, -0.15) is 5.26 Å². The molecule has 1 fully saturated rings. The lowest BCUT2D eigenvalue weighted by Crippen LogP contribution is -2.31. The minimum Gasteiger partial charge on any atom is -0.370 e. The lowest BCUT2D eigenvalue weighted by molar-refractivity contribution is 0.571. The third kappa shape index (κ3) is 3.30. The number of anilines is 2. The van der Waals surface area contributed by atoms with E-state index in [2.05, 4.69) is 4.90 Å². The standard InChI is InChI=1S/C18H16F3N3/c19-14-2-4-15(5-3-14)23-6-1-7-24(9-8-23)18-16(20)10-13(12-22)11-17(18)21/h2-5,10-11H,1,6-9H2. The summed E-state index contributed by atoms with van der Waals surface area (Å²) in [5.41, 5.74) is 0.769. The Kier molecular flexibility index (Phi) is 4.61. The molecule has 0 spiro atoms. The minimum atomic E-state index is -0.721. The largest absolute Gasteiger partial charge is 0.370 e. The molecule has 0 bridgehead atoms. The van der Waals surface area contributed by atoms with Gasteiger partial charge in [0.15, 0.2) is 11.6 Å². The molecule has 0 radical (unpaired) electrons. The Morgan fingerprint density at radius 1 is 0.833 bits per heavy atom. The first-order chi connectivity index (χ1) is 11.6. The molecule has 0 saturated carbocycles. The summed E-state index contributed by atoms with van der Waals surface area (Å²) in [6.45, 7) is 2.25. The van der Waals surface area contributed by atoms with Gasteiger partial charge in [-0.3, -0.25) is 0 Å². The van der Waals surface area contributed by atoms with E-state index in [1.54, 1.807) is 23.1 Å². The molecular weight excluding hydrogens is 315 g/mol. The summed E-state index contributed by atoms with van der Waals surface area (Å²) in [5.74, 6) is -1.74. The summed E-state index contributed by atoms with van der Waals surface area (Å²) in [6.07, 6.45) is 0.719. The molecular formula is C18H16F3N3. The van der Waals surface area contributed by atoms with Crippen LogP contribution >= 0.6 is 0 Å². The highest BCUT2D eigenvalue weighted by atomic mass is 19.1. The van der Waals surface area contributed by atoms with Crippen LogP contribution < -0.4 is 9.80 Å². The van der Waals surface area contributed by atoms with Crippen LogP contribution in [0.3, 0.4) is 0 Å². The predicted molar refractivity (Wildman–Crippen MR) is 86.5 cm³/mol. The monoisotopic (exact) mass is 331 g/mol. The fraction of sp³-hybridized carbons (Fsp3) is 0.278. The maximum atomic E-state index is 14.2.